The minimum atomic E-state index is -0.783. The van der Waals surface area contributed by atoms with E-state index in [1.165, 1.54) is 0 Å². The highest BCUT2D eigenvalue weighted by atomic mass is 16.4. The van der Waals surface area contributed by atoms with Crippen molar-refractivity contribution in [2.75, 3.05) is 19.6 Å². The molecule has 0 bridgehead atoms. The van der Waals surface area contributed by atoms with Crippen molar-refractivity contribution in [3.8, 4) is 0 Å². The summed E-state index contributed by atoms with van der Waals surface area (Å²) in [4.78, 5) is 35.6. The Morgan fingerprint density at radius 3 is 2.38 bits per heavy atom. The van der Waals surface area contributed by atoms with Gasteiger partial charge in [0, 0.05) is 38.5 Å². The summed E-state index contributed by atoms with van der Waals surface area (Å²) in [5.74, 6) is -0.706. The first-order valence-corrected chi connectivity index (χ1v) is 7.42. The van der Waals surface area contributed by atoms with Crippen LogP contribution in [0, 0.1) is 5.92 Å². The number of rotatable bonds is 6. The van der Waals surface area contributed by atoms with Crippen molar-refractivity contribution < 1.29 is 19.5 Å². The number of hydrogen-bond acceptors (Lipinski definition) is 3. The Hall–Kier alpha value is -1.79. The Morgan fingerprint density at radius 2 is 1.86 bits per heavy atom. The third-order valence-corrected chi connectivity index (χ3v) is 3.44. The van der Waals surface area contributed by atoms with Crippen LogP contribution in [0.15, 0.2) is 0 Å². The van der Waals surface area contributed by atoms with Crippen molar-refractivity contribution in [2.45, 2.75) is 45.6 Å². The van der Waals surface area contributed by atoms with Crippen LogP contribution in [0.25, 0.3) is 0 Å². The van der Waals surface area contributed by atoms with E-state index < -0.39 is 5.97 Å². The van der Waals surface area contributed by atoms with E-state index in [1.807, 2.05) is 13.8 Å². The molecule has 1 fully saturated rings. The first kappa shape index (κ1) is 17.3. The van der Waals surface area contributed by atoms with Crippen LogP contribution in [0.3, 0.4) is 0 Å². The highest BCUT2D eigenvalue weighted by Crippen LogP contribution is 2.20. The summed E-state index contributed by atoms with van der Waals surface area (Å²) >= 11 is 0. The summed E-state index contributed by atoms with van der Waals surface area (Å²) in [6.07, 6.45) is 1.87. The lowest BCUT2D eigenvalue weighted by Gasteiger charge is -2.31. The predicted molar refractivity (Wildman–Crippen MR) is 77.8 cm³/mol. The number of piperidine rings is 1. The lowest BCUT2D eigenvalue weighted by molar-refractivity contribution is -0.138. The van der Waals surface area contributed by atoms with Crippen LogP contribution in [0.4, 0.5) is 4.79 Å². The molecule has 1 aliphatic rings. The van der Waals surface area contributed by atoms with Crippen LogP contribution in [0.5, 0.6) is 0 Å². The molecule has 0 radical (unpaired) electrons. The molecule has 0 saturated carbocycles. The number of aliphatic carboxylic acids is 1. The van der Waals surface area contributed by atoms with Crippen LogP contribution in [0.1, 0.15) is 39.5 Å². The van der Waals surface area contributed by atoms with Crippen LogP contribution in [-0.2, 0) is 9.59 Å². The van der Waals surface area contributed by atoms with Gasteiger partial charge in [0.05, 0.1) is 0 Å². The lowest BCUT2D eigenvalue weighted by Crippen LogP contribution is -2.45. The molecule has 0 atom stereocenters. The van der Waals surface area contributed by atoms with Gasteiger partial charge in [-0.15, -0.1) is 0 Å². The van der Waals surface area contributed by atoms with Crippen LogP contribution >= 0.6 is 0 Å². The fraction of sp³-hybridized carbons (Fsp3) is 0.786. The van der Waals surface area contributed by atoms with Crippen LogP contribution < -0.4 is 10.6 Å². The molecule has 0 aromatic carbocycles. The van der Waals surface area contributed by atoms with Gasteiger partial charge in [-0.1, -0.05) is 0 Å². The zero-order chi connectivity index (χ0) is 15.8. The summed E-state index contributed by atoms with van der Waals surface area (Å²) < 4.78 is 0. The van der Waals surface area contributed by atoms with Gasteiger partial charge >= 0.3 is 12.0 Å². The van der Waals surface area contributed by atoms with Gasteiger partial charge in [-0.3, -0.25) is 9.59 Å². The molecule has 0 aromatic rings. The topological polar surface area (TPSA) is 98.7 Å². The number of nitrogens with one attached hydrogen (secondary N) is 2. The fourth-order valence-corrected chi connectivity index (χ4v) is 2.38. The number of carbonyl (C=O) groups excluding carboxylic acids is 2. The van der Waals surface area contributed by atoms with Gasteiger partial charge in [0.1, 0.15) is 0 Å². The molecule has 1 saturated heterocycles. The van der Waals surface area contributed by atoms with Crippen molar-refractivity contribution in [1.82, 2.24) is 15.5 Å². The van der Waals surface area contributed by atoms with Gasteiger partial charge in [0.15, 0.2) is 0 Å². The quantitative estimate of drug-likeness (QED) is 0.675. The van der Waals surface area contributed by atoms with E-state index in [0.29, 0.717) is 32.5 Å². The number of carboxylic acids is 1. The van der Waals surface area contributed by atoms with Crippen molar-refractivity contribution in [1.29, 1.82) is 0 Å². The number of carboxylic acid groups (broad SMARTS) is 1. The first-order chi connectivity index (χ1) is 9.88. The number of likely N-dealkylation sites (tertiary alicyclic amines) is 1. The molecular weight excluding hydrogens is 274 g/mol. The van der Waals surface area contributed by atoms with Gasteiger partial charge in [0.25, 0.3) is 0 Å². The molecule has 3 N–H and O–H groups in total. The van der Waals surface area contributed by atoms with Crippen molar-refractivity contribution in [3.63, 3.8) is 0 Å². The summed E-state index contributed by atoms with van der Waals surface area (Å²) in [7, 11) is 0. The average Bonchev–Trinajstić information content (AvgIpc) is 2.37. The van der Waals surface area contributed by atoms with Crippen LogP contribution in [0.2, 0.25) is 0 Å². The molecular formula is C14H25N3O4. The van der Waals surface area contributed by atoms with E-state index in [0.717, 1.165) is 0 Å². The molecule has 7 heteroatoms. The Bertz CT molecular complexity index is 376. The molecule has 7 nitrogen and oxygen atoms in total. The largest absolute Gasteiger partial charge is 0.481 e. The highest BCUT2D eigenvalue weighted by Gasteiger charge is 2.24. The van der Waals surface area contributed by atoms with Gasteiger partial charge in [-0.05, 0) is 32.6 Å². The van der Waals surface area contributed by atoms with E-state index in [2.05, 4.69) is 10.6 Å². The maximum atomic E-state index is 11.9. The van der Waals surface area contributed by atoms with E-state index in [1.54, 1.807) is 4.90 Å². The molecule has 21 heavy (non-hydrogen) atoms. The van der Waals surface area contributed by atoms with E-state index in [9.17, 15) is 14.4 Å². The molecule has 1 heterocycles. The van der Waals surface area contributed by atoms with Crippen LogP contribution in [-0.4, -0.2) is 53.6 Å². The van der Waals surface area contributed by atoms with E-state index >= 15 is 0 Å². The third kappa shape index (κ3) is 6.97. The first-order valence-electron chi connectivity index (χ1n) is 7.42. The van der Waals surface area contributed by atoms with Gasteiger partial charge in [-0.2, -0.15) is 0 Å². The second-order valence-corrected chi connectivity index (χ2v) is 5.73. The Balaban J connectivity index is 2.19. The third-order valence-electron chi connectivity index (χ3n) is 3.44. The maximum absolute atomic E-state index is 11.9. The van der Waals surface area contributed by atoms with Crippen molar-refractivity contribution >= 4 is 17.9 Å². The minimum Gasteiger partial charge on any atom is -0.481 e. The van der Waals surface area contributed by atoms with Gasteiger partial charge in [0.2, 0.25) is 5.91 Å². The molecule has 120 valence electrons. The SMILES string of the molecule is CC(C)NC(=O)CCNC(=O)N1CCC(CC(=O)O)CC1. The molecule has 0 unspecified atom stereocenters. The number of hydrogen-bond donors (Lipinski definition) is 3. The van der Waals surface area contributed by atoms with Crippen molar-refractivity contribution in [3.05, 3.63) is 0 Å². The highest BCUT2D eigenvalue weighted by molar-refractivity contribution is 5.78. The smallest absolute Gasteiger partial charge is 0.317 e. The zero-order valence-electron chi connectivity index (χ0n) is 12.7. The number of carbonyl (C=O) groups is 3. The molecule has 0 spiro atoms. The summed E-state index contributed by atoms with van der Waals surface area (Å²) in [5, 5.41) is 14.2. The predicted octanol–water partition coefficient (Wildman–Crippen LogP) is 0.797. The number of nitrogens with zero attached hydrogens (tertiary/aromatic N) is 1. The fourth-order valence-electron chi connectivity index (χ4n) is 2.38. The molecule has 3 amide bonds. The molecule has 1 rings (SSSR count). The Labute approximate surface area is 125 Å². The number of urea groups is 1. The molecule has 1 aliphatic heterocycles. The lowest BCUT2D eigenvalue weighted by atomic mass is 9.94. The number of amides is 3. The minimum absolute atomic E-state index is 0.0783. The monoisotopic (exact) mass is 299 g/mol. The normalized spacial score (nSPS) is 15.9. The Kier molecular flexibility index (Phi) is 6.98. The second kappa shape index (κ2) is 8.49. The van der Waals surface area contributed by atoms with Gasteiger partial charge in [-0.25, -0.2) is 4.79 Å². The van der Waals surface area contributed by atoms with E-state index in [-0.39, 0.29) is 36.7 Å². The van der Waals surface area contributed by atoms with Gasteiger partial charge < -0.3 is 20.6 Å². The van der Waals surface area contributed by atoms with Crippen molar-refractivity contribution in [2.24, 2.45) is 5.92 Å². The summed E-state index contributed by atoms with van der Waals surface area (Å²) in [6, 6.07) is -0.0809. The summed E-state index contributed by atoms with van der Waals surface area (Å²) in [6.45, 7) is 5.23. The zero-order valence-corrected chi connectivity index (χ0v) is 12.7. The van der Waals surface area contributed by atoms with E-state index in [4.69, 9.17) is 5.11 Å². The Morgan fingerprint density at radius 1 is 1.24 bits per heavy atom. The molecule has 0 aliphatic carbocycles. The maximum Gasteiger partial charge on any atom is 0.317 e. The second-order valence-electron chi connectivity index (χ2n) is 5.73. The average molecular weight is 299 g/mol. The summed E-state index contributed by atoms with van der Waals surface area (Å²) in [5.41, 5.74) is 0. The molecule has 0 aromatic heterocycles. The standard InChI is InChI=1S/C14H25N3O4/c1-10(2)16-12(18)3-6-15-14(21)17-7-4-11(5-8-17)9-13(19)20/h10-11H,3-9H2,1-2H3,(H,15,21)(H,16,18)(H,19,20).